The molecule has 3 spiro atoms. The van der Waals surface area contributed by atoms with Crippen molar-refractivity contribution < 1.29 is 63.1 Å². The minimum Gasteiger partial charge on any atom is -0.481 e. The lowest BCUT2D eigenvalue weighted by molar-refractivity contribution is -0.367. The van der Waals surface area contributed by atoms with Gasteiger partial charge < -0.3 is 58.3 Å². The first-order valence-corrected chi connectivity index (χ1v) is 23.3. The number of hydrogen-bond donors (Lipinski definition) is 5. The van der Waals surface area contributed by atoms with Crippen LogP contribution in [0.4, 0.5) is 0 Å². The van der Waals surface area contributed by atoms with Gasteiger partial charge in [-0.1, -0.05) is 66.3 Å². The van der Waals surface area contributed by atoms with Gasteiger partial charge in [0.1, 0.15) is 17.9 Å². The van der Waals surface area contributed by atoms with Gasteiger partial charge in [0.15, 0.2) is 23.1 Å². The van der Waals surface area contributed by atoms with E-state index in [0.717, 1.165) is 37.8 Å². The van der Waals surface area contributed by atoms with Gasteiger partial charge in [-0.2, -0.15) is 0 Å². The Balaban J connectivity index is 0.846. The lowest BCUT2D eigenvalue weighted by atomic mass is 9.76. The Bertz CT molecular complexity index is 1730. The van der Waals surface area contributed by atoms with Crippen molar-refractivity contribution in [1.82, 2.24) is 5.32 Å². The molecule has 0 radical (unpaired) electrons. The first-order valence-electron chi connectivity index (χ1n) is 23.3. The van der Waals surface area contributed by atoms with Crippen LogP contribution in [0.1, 0.15) is 119 Å². The van der Waals surface area contributed by atoms with E-state index in [1.807, 2.05) is 19.1 Å². The van der Waals surface area contributed by atoms with E-state index in [1.165, 1.54) is 6.08 Å². The van der Waals surface area contributed by atoms with Gasteiger partial charge in [-0.25, -0.2) is 0 Å². The fraction of sp³-hybridized carbons (Fsp3) is 0.851. The van der Waals surface area contributed by atoms with Crippen LogP contribution in [0.5, 0.6) is 0 Å². The molecule has 9 rings (SSSR count). The average molecular weight is 858 g/mol. The van der Waals surface area contributed by atoms with Crippen molar-refractivity contribution in [3.8, 4) is 0 Å². The van der Waals surface area contributed by atoms with Crippen molar-refractivity contribution >= 4 is 5.97 Å². The Labute approximate surface area is 360 Å². The van der Waals surface area contributed by atoms with E-state index in [4.69, 9.17) is 43.0 Å². The summed E-state index contributed by atoms with van der Waals surface area (Å²) in [5.41, 5.74) is 0.369. The maximum Gasteiger partial charge on any atom is 0.306 e. The minimum atomic E-state index is -1.90. The summed E-state index contributed by atoms with van der Waals surface area (Å²) in [6, 6.07) is 0. The molecule has 8 saturated heterocycles. The number of carboxylic acids is 1. The molecule has 14 heteroatoms. The smallest absolute Gasteiger partial charge is 0.306 e. The molecule has 0 unspecified atom stereocenters. The molecule has 2 bridgehead atoms. The van der Waals surface area contributed by atoms with Gasteiger partial charge in [-0.05, 0) is 67.4 Å². The number of aliphatic hydroxyl groups excluding tert-OH is 2. The van der Waals surface area contributed by atoms with Gasteiger partial charge in [-0.3, -0.25) is 10.1 Å². The Hall–Kier alpha value is -1.79. The molecule has 9 aliphatic heterocycles. The first kappa shape index (κ1) is 44.4. The topological polar surface area (TPSA) is 184 Å². The maximum absolute atomic E-state index is 12.4. The van der Waals surface area contributed by atoms with Gasteiger partial charge in [0.2, 0.25) is 0 Å². The van der Waals surface area contributed by atoms with E-state index in [2.05, 4.69) is 46.5 Å². The second-order valence-electron chi connectivity index (χ2n) is 21.1. The second-order valence-corrected chi connectivity index (χ2v) is 21.1. The fourth-order valence-corrected chi connectivity index (χ4v) is 12.9. The monoisotopic (exact) mass is 857 g/mol. The van der Waals surface area contributed by atoms with E-state index >= 15 is 0 Å². The highest BCUT2D eigenvalue weighted by atomic mass is 16.8. The van der Waals surface area contributed by atoms with E-state index < -0.39 is 65.4 Å². The van der Waals surface area contributed by atoms with Crippen molar-refractivity contribution in [3.05, 3.63) is 36.5 Å². The Morgan fingerprint density at radius 3 is 2.41 bits per heavy atom. The summed E-state index contributed by atoms with van der Waals surface area (Å²) in [4.78, 5) is 11.0. The highest BCUT2D eigenvalue weighted by Crippen LogP contribution is 2.55. The van der Waals surface area contributed by atoms with Crippen LogP contribution in [0.3, 0.4) is 0 Å². The van der Waals surface area contributed by atoms with Crippen LogP contribution in [-0.4, -0.2) is 123 Å². The number of ether oxygens (including phenoxy) is 8. The van der Waals surface area contributed by atoms with Crippen molar-refractivity contribution in [2.45, 2.75) is 209 Å². The second kappa shape index (κ2) is 16.3. The summed E-state index contributed by atoms with van der Waals surface area (Å²) in [5.74, 6) is -4.94. The van der Waals surface area contributed by atoms with Crippen molar-refractivity contribution in [3.63, 3.8) is 0 Å². The van der Waals surface area contributed by atoms with Gasteiger partial charge in [0.05, 0.1) is 55.3 Å². The van der Waals surface area contributed by atoms with Crippen molar-refractivity contribution in [1.29, 1.82) is 0 Å². The molecule has 9 heterocycles. The third-order valence-corrected chi connectivity index (χ3v) is 16.0. The maximum atomic E-state index is 12.4. The van der Waals surface area contributed by atoms with Crippen LogP contribution >= 0.6 is 0 Å². The van der Waals surface area contributed by atoms with Gasteiger partial charge in [0.25, 0.3) is 0 Å². The van der Waals surface area contributed by atoms with Crippen LogP contribution in [-0.2, 0) is 42.7 Å². The molecule has 342 valence electrons. The zero-order chi connectivity index (χ0) is 43.3. The SMILES string of the molecule is C=C(C[C@@]12C[C@H](C)C[C@H](O1)[C@@H]1O[C@@]3(C[C@@H]1O2)NC[C@@H](C)C[C@H]3C)[C@H]1O[C@@](O)([C@@H](O)[C@H]2C[C@@H]3O[C@@]4(CC[C@]5(C=CC[C@@H](C=C[C@H](O)CC(=O)O)O5)O4)[C@@H](C)C[C@@H]3O2)[C@H](C)C[C@@H]1C. The third-order valence-electron chi connectivity index (χ3n) is 16.0. The number of rotatable bonds is 9. The summed E-state index contributed by atoms with van der Waals surface area (Å²) in [7, 11) is 0. The zero-order valence-electron chi connectivity index (χ0n) is 36.9. The third kappa shape index (κ3) is 8.15. The number of piperidine rings is 1. The molecular formula is C47H71NO13. The Morgan fingerprint density at radius 2 is 1.64 bits per heavy atom. The Kier molecular flexibility index (Phi) is 11.8. The number of carbonyl (C=O) groups is 1. The number of hydrogen-bond acceptors (Lipinski definition) is 13. The molecule has 0 amide bonds. The van der Waals surface area contributed by atoms with Gasteiger partial charge in [0, 0.05) is 56.9 Å². The summed E-state index contributed by atoms with van der Waals surface area (Å²) in [6.07, 6.45) is 8.75. The summed E-state index contributed by atoms with van der Waals surface area (Å²) < 4.78 is 54.0. The van der Waals surface area contributed by atoms with Crippen LogP contribution in [0.2, 0.25) is 0 Å². The van der Waals surface area contributed by atoms with Gasteiger partial charge >= 0.3 is 5.97 Å². The number of carboxylic acid groups (broad SMARTS) is 1. The molecule has 21 atom stereocenters. The standard InChI is InChI=1S/C47H71NO13/c1-25-16-36-41-38(23-45(59-41)29(5)15-26(2)24-48-45)57-44(21-25,56-36)22-28(4)40-27(3)17-31(7)47(53,60-40)42(52)37-20-35-34(54-37)18-30(6)46(58-35)14-13-43(61-46)12-8-9-33(55-43)11-10-32(49)19-39(50)51/h8,10-12,25-27,29-38,40-42,48-49,52-53H,4,9,13-24H2,1-3,5-7H3,(H,50,51)/t25-,26+,27+,29-,30+,31-,32+,33+,34+,35+,36+,37-,38+,40+,41+,42+,43+,44+,45-,46-,47-/m1/s1. The zero-order valence-corrected chi connectivity index (χ0v) is 36.9. The van der Waals surface area contributed by atoms with E-state index in [1.54, 1.807) is 6.08 Å². The normalized spacial score (nSPS) is 52.7. The molecule has 9 aliphatic rings. The summed E-state index contributed by atoms with van der Waals surface area (Å²) in [6.45, 7) is 18.4. The van der Waals surface area contributed by atoms with Crippen LogP contribution in [0.25, 0.3) is 0 Å². The highest BCUT2D eigenvalue weighted by Gasteiger charge is 2.64. The molecule has 0 saturated carbocycles. The molecule has 0 aromatic heterocycles. The molecule has 0 aliphatic carbocycles. The van der Waals surface area contributed by atoms with Crippen molar-refractivity contribution in [2.75, 3.05) is 6.54 Å². The van der Waals surface area contributed by atoms with Crippen LogP contribution in [0.15, 0.2) is 36.5 Å². The largest absolute Gasteiger partial charge is 0.481 e. The van der Waals surface area contributed by atoms with E-state index in [0.29, 0.717) is 62.7 Å². The molecule has 14 nitrogen and oxygen atoms in total. The fourth-order valence-electron chi connectivity index (χ4n) is 12.9. The minimum absolute atomic E-state index is 0.0239. The molecule has 0 aromatic rings. The first-order chi connectivity index (χ1) is 28.8. The highest BCUT2D eigenvalue weighted by molar-refractivity contribution is 5.67. The molecule has 61 heavy (non-hydrogen) atoms. The number of nitrogens with one attached hydrogen (secondary N) is 1. The van der Waals surface area contributed by atoms with Crippen LogP contribution in [0, 0.1) is 35.5 Å². The lowest BCUT2D eigenvalue weighted by Crippen LogP contribution is -2.62. The van der Waals surface area contributed by atoms with E-state index in [-0.39, 0.29) is 54.7 Å². The quantitative estimate of drug-likeness (QED) is 0.190. The molecule has 5 N–H and O–H groups in total. The predicted octanol–water partition coefficient (Wildman–Crippen LogP) is 5.23. The van der Waals surface area contributed by atoms with Gasteiger partial charge in [-0.15, -0.1) is 0 Å². The van der Waals surface area contributed by atoms with Crippen molar-refractivity contribution in [2.24, 2.45) is 35.5 Å². The average Bonchev–Trinajstić information content (AvgIpc) is 3.87. The number of aliphatic hydroxyl groups is 3. The predicted molar refractivity (Wildman–Crippen MR) is 220 cm³/mol. The Morgan fingerprint density at radius 1 is 0.852 bits per heavy atom. The lowest BCUT2D eigenvalue weighted by Gasteiger charge is -2.53. The van der Waals surface area contributed by atoms with E-state index in [9.17, 15) is 20.1 Å². The summed E-state index contributed by atoms with van der Waals surface area (Å²) in [5, 5.41) is 47.4. The number of aliphatic carboxylic acids is 1. The molecule has 8 fully saturated rings. The summed E-state index contributed by atoms with van der Waals surface area (Å²) >= 11 is 0. The molecular weight excluding hydrogens is 787 g/mol. The molecule has 0 aromatic carbocycles. The number of fused-ring (bicyclic) bond motifs is 5. The van der Waals surface area contributed by atoms with Crippen LogP contribution < -0.4 is 5.32 Å².